The molecule has 0 aromatic heterocycles. The van der Waals surface area contributed by atoms with Crippen molar-refractivity contribution < 1.29 is 14.3 Å². The first-order valence-corrected chi connectivity index (χ1v) is 6.49. The van der Waals surface area contributed by atoms with Gasteiger partial charge in [0.1, 0.15) is 5.60 Å². The summed E-state index contributed by atoms with van der Waals surface area (Å²) in [5.41, 5.74) is -0.519. The van der Waals surface area contributed by atoms with E-state index in [1.54, 1.807) is 0 Å². The third-order valence-electron chi connectivity index (χ3n) is 3.05. The molecular weight excluding hydrogens is 232 g/mol. The molecule has 0 radical (unpaired) electrons. The second-order valence-corrected chi connectivity index (χ2v) is 5.90. The van der Waals surface area contributed by atoms with Crippen molar-refractivity contribution in [2.45, 2.75) is 52.7 Å². The molecule has 1 heterocycles. The molecule has 104 valence electrons. The van der Waals surface area contributed by atoms with Crippen molar-refractivity contribution in [2.75, 3.05) is 13.1 Å². The molecule has 1 saturated heterocycles. The molecule has 0 aromatic rings. The molecule has 18 heavy (non-hydrogen) atoms. The Morgan fingerprint density at radius 3 is 2.17 bits per heavy atom. The Balaban J connectivity index is 2.41. The normalized spacial score (nSPS) is 18.6. The first-order valence-electron chi connectivity index (χ1n) is 6.49. The molecule has 2 atom stereocenters. The van der Waals surface area contributed by atoms with Crippen LogP contribution in [0.4, 0.5) is 4.79 Å². The predicted octanol–water partition coefficient (Wildman–Crippen LogP) is 1.77. The summed E-state index contributed by atoms with van der Waals surface area (Å²) >= 11 is 0. The highest BCUT2D eigenvalue weighted by Gasteiger charge is 2.30. The molecule has 2 unspecified atom stereocenters. The van der Waals surface area contributed by atoms with Crippen molar-refractivity contribution in [3.8, 4) is 0 Å². The fraction of sp³-hybridized carbons (Fsp3) is 0.846. The van der Waals surface area contributed by atoms with E-state index < -0.39 is 11.7 Å². The fourth-order valence-corrected chi connectivity index (χ4v) is 1.66. The van der Waals surface area contributed by atoms with Crippen molar-refractivity contribution in [1.82, 2.24) is 10.2 Å². The van der Waals surface area contributed by atoms with E-state index in [-0.39, 0.29) is 17.9 Å². The van der Waals surface area contributed by atoms with Gasteiger partial charge in [0.05, 0.1) is 5.92 Å². The second-order valence-electron chi connectivity index (χ2n) is 5.90. The van der Waals surface area contributed by atoms with Crippen molar-refractivity contribution in [3.63, 3.8) is 0 Å². The molecule has 0 saturated carbocycles. The average molecular weight is 256 g/mol. The topological polar surface area (TPSA) is 58.6 Å². The number of carbonyl (C=O) groups is 2. The van der Waals surface area contributed by atoms with Crippen LogP contribution in [0, 0.1) is 5.92 Å². The van der Waals surface area contributed by atoms with Gasteiger partial charge in [-0.25, -0.2) is 4.79 Å². The summed E-state index contributed by atoms with van der Waals surface area (Å²) < 4.78 is 5.16. The van der Waals surface area contributed by atoms with Gasteiger partial charge in [-0.2, -0.15) is 0 Å². The lowest BCUT2D eigenvalue weighted by Crippen LogP contribution is -2.50. The van der Waals surface area contributed by atoms with E-state index in [9.17, 15) is 9.59 Å². The number of hydrogen-bond donors (Lipinski definition) is 1. The standard InChI is InChI=1S/C13H24N2O3/c1-9(11(16)15-7-6-8-15)10(2)14-12(17)18-13(3,4)5/h9-10H,6-8H2,1-5H3,(H,14,17). The Morgan fingerprint density at radius 1 is 1.22 bits per heavy atom. The summed E-state index contributed by atoms with van der Waals surface area (Å²) in [5, 5.41) is 2.71. The van der Waals surface area contributed by atoms with Crippen LogP contribution in [0.1, 0.15) is 41.0 Å². The summed E-state index contributed by atoms with van der Waals surface area (Å²) in [6.07, 6.45) is 0.602. The molecule has 1 aliphatic heterocycles. The van der Waals surface area contributed by atoms with Gasteiger partial charge in [-0.3, -0.25) is 4.79 Å². The van der Waals surface area contributed by atoms with Gasteiger partial charge in [0.25, 0.3) is 0 Å². The van der Waals surface area contributed by atoms with Crippen molar-refractivity contribution in [3.05, 3.63) is 0 Å². The Hall–Kier alpha value is -1.26. The average Bonchev–Trinajstić information content (AvgIpc) is 2.10. The fourth-order valence-electron chi connectivity index (χ4n) is 1.66. The van der Waals surface area contributed by atoms with Crippen molar-refractivity contribution in [2.24, 2.45) is 5.92 Å². The van der Waals surface area contributed by atoms with E-state index >= 15 is 0 Å². The maximum atomic E-state index is 12.0. The smallest absolute Gasteiger partial charge is 0.407 e. The molecule has 0 spiro atoms. The number of carbonyl (C=O) groups excluding carboxylic acids is 2. The minimum Gasteiger partial charge on any atom is -0.444 e. The largest absolute Gasteiger partial charge is 0.444 e. The number of ether oxygens (including phenoxy) is 1. The SMILES string of the molecule is CC(NC(=O)OC(C)(C)C)C(C)C(=O)N1CCC1. The molecule has 1 fully saturated rings. The third-order valence-corrected chi connectivity index (χ3v) is 3.05. The van der Waals surface area contributed by atoms with Gasteiger partial charge in [0.2, 0.25) is 5.91 Å². The molecule has 0 bridgehead atoms. The monoisotopic (exact) mass is 256 g/mol. The highest BCUT2D eigenvalue weighted by Crippen LogP contribution is 2.15. The van der Waals surface area contributed by atoms with Crippen LogP contribution < -0.4 is 5.32 Å². The molecule has 1 N–H and O–H groups in total. The van der Waals surface area contributed by atoms with Crippen molar-refractivity contribution >= 4 is 12.0 Å². The van der Waals surface area contributed by atoms with Gasteiger partial charge in [0, 0.05) is 19.1 Å². The van der Waals surface area contributed by atoms with Crippen LogP contribution >= 0.6 is 0 Å². The quantitative estimate of drug-likeness (QED) is 0.837. The maximum Gasteiger partial charge on any atom is 0.407 e. The number of nitrogens with one attached hydrogen (secondary N) is 1. The Kier molecular flexibility index (Phi) is 4.59. The Labute approximate surface area is 109 Å². The lowest BCUT2D eigenvalue weighted by Gasteiger charge is -2.35. The van der Waals surface area contributed by atoms with Crippen molar-refractivity contribution in [1.29, 1.82) is 0 Å². The molecule has 0 aromatic carbocycles. The number of likely N-dealkylation sites (tertiary alicyclic amines) is 1. The second kappa shape index (κ2) is 5.59. The molecular formula is C13H24N2O3. The molecule has 1 aliphatic rings. The van der Waals surface area contributed by atoms with E-state index in [2.05, 4.69) is 5.32 Å². The van der Waals surface area contributed by atoms with Gasteiger partial charge in [-0.05, 0) is 34.1 Å². The lowest BCUT2D eigenvalue weighted by molar-refractivity contribution is -0.139. The van der Waals surface area contributed by atoms with E-state index in [1.807, 2.05) is 39.5 Å². The zero-order chi connectivity index (χ0) is 13.9. The van der Waals surface area contributed by atoms with E-state index in [0.29, 0.717) is 0 Å². The van der Waals surface area contributed by atoms with Gasteiger partial charge >= 0.3 is 6.09 Å². The first kappa shape index (κ1) is 14.8. The van der Waals surface area contributed by atoms with Gasteiger partial charge in [-0.15, -0.1) is 0 Å². The van der Waals surface area contributed by atoms with Gasteiger partial charge in [0.15, 0.2) is 0 Å². The van der Waals surface area contributed by atoms with Crippen LogP contribution in [0.15, 0.2) is 0 Å². The van der Waals surface area contributed by atoms with E-state index in [1.165, 1.54) is 0 Å². The van der Waals surface area contributed by atoms with Gasteiger partial charge in [-0.1, -0.05) is 6.92 Å². The summed E-state index contributed by atoms with van der Waals surface area (Å²) in [4.78, 5) is 25.4. The van der Waals surface area contributed by atoms with Gasteiger partial charge < -0.3 is 15.0 Å². The zero-order valence-corrected chi connectivity index (χ0v) is 11.9. The van der Waals surface area contributed by atoms with Crippen LogP contribution in [0.5, 0.6) is 0 Å². The highest BCUT2D eigenvalue weighted by molar-refractivity contribution is 5.80. The summed E-state index contributed by atoms with van der Waals surface area (Å²) in [7, 11) is 0. The first-order chi connectivity index (χ1) is 8.20. The lowest BCUT2D eigenvalue weighted by atomic mass is 10.0. The maximum absolute atomic E-state index is 12.0. The zero-order valence-electron chi connectivity index (χ0n) is 11.9. The van der Waals surface area contributed by atoms with Crippen LogP contribution in [-0.4, -0.2) is 41.6 Å². The van der Waals surface area contributed by atoms with Crippen LogP contribution in [0.2, 0.25) is 0 Å². The number of amides is 2. The van der Waals surface area contributed by atoms with Crippen LogP contribution in [-0.2, 0) is 9.53 Å². The number of hydrogen-bond acceptors (Lipinski definition) is 3. The number of alkyl carbamates (subject to hydrolysis) is 1. The Morgan fingerprint density at radius 2 is 1.78 bits per heavy atom. The third kappa shape index (κ3) is 4.20. The molecule has 0 aliphatic carbocycles. The summed E-state index contributed by atoms with van der Waals surface area (Å²) in [6.45, 7) is 10.8. The summed E-state index contributed by atoms with van der Waals surface area (Å²) in [5.74, 6) is -0.123. The van der Waals surface area contributed by atoms with E-state index in [4.69, 9.17) is 4.74 Å². The minimum absolute atomic E-state index is 0.102. The van der Waals surface area contributed by atoms with Crippen LogP contribution in [0.3, 0.4) is 0 Å². The van der Waals surface area contributed by atoms with Crippen LogP contribution in [0.25, 0.3) is 0 Å². The Bertz CT molecular complexity index is 319. The molecule has 5 nitrogen and oxygen atoms in total. The minimum atomic E-state index is -0.519. The highest BCUT2D eigenvalue weighted by atomic mass is 16.6. The number of nitrogens with zero attached hydrogens (tertiary/aromatic N) is 1. The molecule has 2 amide bonds. The summed E-state index contributed by atoms with van der Waals surface area (Å²) in [6, 6.07) is -0.229. The van der Waals surface area contributed by atoms with E-state index in [0.717, 1.165) is 19.5 Å². The predicted molar refractivity (Wildman–Crippen MR) is 69.2 cm³/mol. The molecule has 5 heteroatoms. The molecule has 1 rings (SSSR count). The number of rotatable bonds is 3.